The van der Waals surface area contributed by atoms with E-state index < -0.39 is 0 Å². The maximum Gasteiger partial charge on any atom is 0.246 e. The molecule has 1 aromatic heterocycles. The maximum absolute atomic E-state index is 12.0. The lowest BCUT2D eigenvalue weighted by atomic mass is 10.2. The predicted molar refractivity (Wildman–Crippen MR) is 77.4 cm³/mol. The lowest BCUT2D eigenvalue weighted by Crippen LogP contribution is -2.19. The zero-order valence-electron chi connectivity index (χ0n) is 11.0. The summed E-state index contributed by atoms with van der Waals surface area (Å²) in [5.41, 5.74) is 2.61. The second-order valence-corrected chi connectivity index (χ2v) is 4.46. The fourth-order valence-electron chi connectivity index (χ4n) is 1.99. The number of nitrogens with zero attached hydrogens (tertiary/aromatic N) is 3. The molecule has 0 unspecified atom stereocenters. The number of rotatable bonds is 4. The molecule has 0 saturated carbocycles. The Labute approximate surface area is 120 Å². The van der Waals surface area contributed by atoms with E-state index in [4.69, 9.17) is 0 Å². The van der Waals surface area contributed by atoms with Crippen LogP contribution in [0, 0.1) is 0 Å². The number of benzene rings is 2. The molecule has 103 valence electrons. The van der Waals surface area contributed by atoms with Crippen LogP contribution in [0.25, 0.3) is 11.0 Å². The fraction of sp³-hybridized carbons (Fsp3) is 0.0667. The minimum absolute atomic E-state index is 0.0715. The van der Waals surface area contributed by atoms with E-state index in [2.05, 4.69) is 15.6 Å². The predicted octanol–water partition coefficient (Wildman–Crippen LogP) is 1.53. The van der Waals surface area contributed by atoms with Crippen LogP contribution in [0.4, 0.5) is 5.69 Å². The Morgan fingerprint density at radius 2 is 1.90 bits per heavy atom. The van der Waals surface area contributed by atoms with Gasteiger partial charge >= 0.3 is 0 Å². The smallest absolute Gasteiger partial charge is 0.246 e. The molecule has 0 spiro atoms. The largest absolute Gasteiger partial charge is 0.324 e. The lowest BCUT2D eigenvalue weighted by molar-refractivity contribution is -0.116. The number of hydrogen-bond donors (Lipinski definition) is 1. The van der Waals surface area contributed by atoms with Gasteiger partial charge in [-0.1, -0.05) is 17.3 Å². The van der Waals surface area contributed by atoms with Crippen molar-refractivity contribution < 1.29 is 9.59 Å². The summed E-state index contributed by atoms with van der Waals surface area (Å²) < 4.78 is 1.54. The maximum atomic E-state index is 12.0. The highest BCUT2D eigenvalue weighted by molar-refractivity contribution is 5.91. The first kappa shape index (κ1) is 13.0. The summed E-state index contributed by atoms with van der Waals surface area (Å²) in [5, 5.41) is 10.7. The van der Waals surface area contributed by atoms with Crippen molar-refractivity contribution in [2.75, 3.05) is 5.32 Å². The number of amides is 1. The van der Waals surface area contributed by atoms with Gasteiger partial charge in [-0.05, 0) is 36.4 Å². The van der Waals surface area contributed by atoms with Gasteiger partial charge in [0, 0.05) is 11.3 Å². The van der Waals surface area contributed by atoms with Gasteiger partial charge in [0.05, 0.1) is 5.52 Å². The molecule has 21 heavy (non-hydrogen) atoms. The van der Waals surface area contributed by atoms with Gasteiger partial charge in [0.15, 0.2) is 0 Å². The van der Waals surface area contributed by atoms with Crippen molar-refractivity contribution >= 4 is 28.9 Å². The van der Waals surface area contributed by atoms with Gasteiger partial charge in [0.2, 0.25) is 12.2 Å². The Morgan fingerprint density at radius 3 is 2.67 bits per heavy atom. The Balaban J connectivity index is 1.72. The fourth-order valence-corrected chi connectivity index (χ4v) is 1.99. The van der Waals surface area contributed by atoms with Gasteiger partial charge in [0.1, 0.15) is 12.1 Å². The quantitative estimate of drug-likeness (QED) is 0.785. The average Bonchev–Trinajstić information content (AvgIpc) is 2.91. The number of carbonyl (C=O) groups is 1. The number of nitrogens with one attached hydrogen (secondary N) is 1. The molecule has 1 radical (unpaired) electrons. The van der Waals surface area contributed by atoms with Crippen LogP contribution >= 0.6 is 0 Å². The van der Waals surface area contributed by atoms with Crippen LogP contribution in [0.5, 0.6) is 0 Å². The van der Waals surface area contributed by atoms with Gasteiger partial charge in [-0.25, -0.2) is 4.68 Å². The van der Waals surface area contributed by atoms with Crippen LogP contribution in [-0.4, -0.2) is 27.2 Å². The third kappa shape index (κ3) is 2.79. The van der Waals surface area contributed by atoms with Gasteiger partial charge in [-0.15, -0.1) is 5.10 Å². The van der Waals surface area contributed by atoms with E-state index in [-0.39, 0.29) is 12.5 Å². The van der Waals surface area contributed by atoms with E-state index in [9.17, 15) is 9.59 Å². The lowest BCUT2D eigenvalue weighted by Gasteiger charge is -2.05. The summed E-state index contributed by atoms with van der Waals surface area (Å²) in [4.78, 5) is 22.4. The number of hydrogen-bond acceptors (Lipinski definition) is 4. The summed E-state index contributed by atoms with van der Waals surface area (Å²) in [5.74, 6) is -0.214. The molecule has 0 aliphatic carbocycles. The number of fused-ring (bicyclic) bond motifs is 1. The first-order valence-electron chi connectivity index (χ1n) is 6.32. The molecular formula is C15H11N4O2. The van der Waals surface area contributed by atoms with Crippen LogP contribution in [0.3, 0.4) is 0 Å². The molecule has 2 aromatic carbocycles. The van der Waals surface area contributed by atoms with E-state index in [1.165, 1.54) is 4.68 Å². The summed E-state index contributed by atoms with van der Waals surface area (Å²) in [6.45, 7) is 0.0715. The van der Waals surface area contributed by atoms with E-state index in [1.807, 2.05) is 24.3 Å². The number of para-hydroxylation sites is 1. The third-order valence-corrected chi connectivity index (χ3v) is 3.00. The minimum Gasteiger partial charge on any atom is -0.324 e. The van der Waals surface area contributed by atoms with Crippen molar-refractivity contribution in [3.05, 3.63) is 54.1 Å². The highest BCUT2D eigenvalue weighted by Crippen LogP contribution is 2.11. The van der Waals surface area contributed by atoms with Gasteiger partial charge in [-0.3, -0.25) is 9.59 Å². The van der Waals surface area contributed by atoms with Crippen LogP contribution in [-0.2, 0) is 16.1 Å². The average molecular weight is 279 g/mol. The van der Waals surface area contributed by atoms with Gasteiger partial charge in [-0.2, -0.15) is 0 Å². The third-order valence-electron chi connectivity index (χ3n) is 3.00. The van der Waals surface area contributed by atoms with Crippen LogP contribution in [0.2, 0.25) is 0 Å². The molecule has 3 aromatic rings. The summed E-state index contributed by atoms with van der Waals surface area (Å²) in [6, 6.07) is 13.9. The van der Waals surface area contributed by atoms with Crippen molar-refractivity contribution in [1.82, 2.24) is 15.0 Å². The molecule has 6 nitrogen and oxygen atoms in total. The van der Waals surface area contributed by atoms with E-state index >= 15 is 0 Å². The van der Waals surface area contributed by atoms with Crippen molar-refractivity contribution in [2.45, 2.75) is 6.54 Å². The van der Waals surface area contributed by atoms with Crippen LogP contribution < -0.4 is 5.32 Å². The molecule has 1 N–H and O–H groups in total. The summed E-state index contributed by atoms with van der Waals surface area (Å²) in [6.07, 6.45) is 1.78. The molecule has 0 fully saturated rings. The number of anilines is 1. The van der Waals surface area contributed by atoms with Crippen LogP contribution in [0.1, 0.15) is 5.56 Å². The monoisotopic (exact) mass is 279 g/mol. The molecule has 0 bridgehead atoms. The number of carbonyl (C=O) groups excluding carboxylic acids is 2. The second-order valence-electron chi connectivity index (χ2n) is 4.46. The first-order chi connectivity index (χ1) is 10.3. The topological polar surface area (TPSA) is 76.9 Å². The van der Waals surface area contributed by atoms with Gasteiger partial charge in [0.25, 0.3) is 0 Å². The zero-order chi connectivity index (χ0) is 14.7. The van der Waals surface area contributed by atoms with Crippen molar-refractivity contribution in [3.8, 4) is 0 Å². The zero-order valence-corrected chi connectivity index (χ0v) is 11.0. The highest BCUT2D eigenvalue weighted by Gasteiger charge is 2.08. The van der Waals surface area contributed by atoms with E-state index in [0.717, 1.165) is 11.0 Å². The van der Waals surface area contributed by atoms with Crippen molar-refractivity contribution in [1.29, 1.82) is 0 Å². The molecule has 3 rings (SSSR count). The SMILES string of the molecule is O=[C]c1ccc(NC(=O)Cn2nnc3ccccc32)cc1. The molecular weight excluding hydrogens is 268 g/mol. The molecule has 1 amide bonds. The standard InChI is InChI=1S/C15H11N4O2/c20-10-11-5-7-12(8-6-11)16-15(21)9-19-14-4-2-1-3-13(14)17-18-19/h1-8H,9H2,(H,16,21). The Hall–Kier alpha value is -3.02. The summed E-state index contributed by atoms with van der Waals surface area (Å²) >= 11 is 0. The Bertz CT molecular complexity index is 793. The van der Waals surface area contributed by atoms with Crippen molar-refractivity contribution in [2.24, 2.45) is 0 Å². The van der Waals surface area contributed by atoms with E-state index in [0.29, 0.717) is 11.3 Å². The number of aromatic nitrogens is 3. The Kier molecular flexibility index (Phi) is 3.42. The minimum atomic E-state index is -0.214. The van der Waals surface area contributed by atoms with Crippen molar-refractivity contribution in [3.63, 3.8) is 0 Å². The molecule has 1 heterocycles. The molecule has 0 atom stereocenters. The van der Waals surface area contributed by atoms with E-state index in [1.54, 1.807) is 30.6 Å². The highest BCUT2D eigenvalue weighted by atomic mass is 16.2. The molecule has 0 aliphatic heterocycles. The molecule has 6 heteroatoms. The molecule has 0 aliphatic rings. The normalized spacial score (nSPS) is 10.5. The Morgan fingerprint density at radius 1 is 1.14 bits per heavy atom. The summed E-state index contributed by atoms with van der Waals surface area (Å²) in [7, 11) is 0. The van der Waals surface area contributed by atoms with Crippen LogP contribution in [0.15, 0.2) is 48.5 Å². The second kappa shape index (κ2) is 5.54. The molecule has 0 saturated heterocycles. The van der Waals surface area contributed by atoms with Gasteiger partial charge < -0.3 is 5.32 Å². The first-order valence-corrected chi connectivity index (χ1v) is 6.32.